The molecule has 2 aliphatic heterocycles. The molecular formula is C21H23ClN4O3. The molecule has 0 unspecified atom stereocenters. The lowest BCUT2D eigenvalue weighted by molar-refractivity contribution is -0.0169. The highest BCUT2D eigenvalue weighted by Crippen LogP contribution is 2.41. The van der Waals surface area contributed by atoms with Crippen LogP contribution in [0.4, 0.5) is 4.79 Å². The summed E-state index contributed by atoms with van der Waals surface area (Å²) in [7, 11) is 0. The molecular weight excluding hydrogens is 392 g/mol. The number of pyridine rings is 1. The van der Waals surface area contributed by atoms with Gasteiger partial charge in [-0.3, -0.25) is 4.79 Å². The summed E-state index contributed by atoms with van der Waals surface area (Å²) in [5.41, 5.74) is 4.88. The van der Waals surface area contributed by atoms with Crippen LogP contribution in [0, 0.1) is 0 Å². The van der Waals surface area contributed by atoms with Crippen LogP contribution in [-0.2, 0) is 24.0 Å². The quantitative estimate of drug-likeness (QED) is 0.648. The molecule has 7 nitrogen and oxygen atoms in total. The van der Waals surface area contributed by atoms with Crippen molar-refractivity contribution in [3.8, 4) is 11.3 Å². The summed E-state index contributed by atoms with van der Waals surface area (Å²) < 4.78 is 5.44. The van der Waals surface area contributed by atoms with Gasteiger partial charge in [-0.25, -0.2) is 9.78 Å². The Morgan fingerprint density at radius 2 is 2.07 bits per heavy atom. The second-order valence-corrected chi connectivity index (χ2v) is 9.63. The number of ether oxygens (including phenoxy) is 1. The fraction of sp³-hybridized carbons (Fsp3) is 0.476. The van der Waals surface area contributed by atoms with E-state index in [-0.39, 0.29) is 12.0 Å². The standard InChI is InChI=1S/C21H23ClN4O3/c1-20(2,3)29-19(28)26-9-21(10-26)7-14-16(18(27)25-21)12-5-4-11-8-23-15(22)6-13(11)17(12)24-14/h6,8,24H,4-5,7,9-10H2,1-3H3,(H,25,27). The highest BCUT2D eigenvalue weighted by atomic mass is 35.5. The first-order valence-electron chi connectivity index (χ1n) is 9.83. The molecule has 1 saturated heterocycles. The van der Waals surface area contributed by atoms with E-state index in [9.17, 15) is 9.59 Å². The Labute approximate surface area is 173 Å². The van der Waals surface area contributed by atoms with Crippen LogP contribution >= 0.6 is 11.6 Å². The first-order chi connectivity index (χ1) is 13.6. The molecule has 0 bridgehead atoms. The molecule has 0 saturated carbocycles. The highest BCUT2D eigenvalue weighted by Gasteiger charge is 2.51. The van der Waals surface area contributed by atoms with Gasteiger partial charge in [-0.1, -0.05) is 11.6 Å². The average Bonchev–Trinajstić information content (AvgIpc) is 2.97. The van der Waals surface area contributed by atoms with Crippen LogP contribution in [0.3, 0.4) is 0 Å². The maximum atomic E-state index is 13.0. The number of hydrogen-bond acceptors (Lipinski definition) is 4. The summed E-state index contributed by atoms with van der Waals surface area (Å²) in [6.45, 7) is 6.43. The Bertz CT molecular complexity index is 1050. The molecule has 1 spiro atoms. The van der Waals surface area contributed by atoms with Gasteiger partial charge in [-0.2, -0.15) is 0 Å². The molecule has 1 aliphatic carbocycles. The van der Waals surface area contributed by atoms with Gasteiger partial charge in [0.15, 0.2) is 0 Å². The summed E-state index contributed by atoms with van der Waals surface area (Å²) >= 11 is 6.11. The number of H-pyrrole nitrogens is 1. The van der Waals surface area contributed by atoms with Crippen molar-refractivity contribution in [2.24, 2.45) is 0 Å². The number of hydrogen-bond donors (Lipinski definition) is 2. The Morgan fingerprint density at radius 3 is 2.79 bits per heavy atom. The minimum Gasteiger partial charge on any atom is -0.444 e. The fourth-order valence-corrected chi connectivity index (χ4v) is 4.81. The Morgan fingerprint density at radius 1 is 1.31 bits per heavy atom. The Kier molecular flexibility index (Phi) is 3.81. The molecule has 0 atom stereocenters. The third-order valence-electron chi connectivity index (χ3n) is 5.81. The summed E-state index contributed by atoms with van der Waals surface area (Å²) in [4.78, 5) is 34.6. The van der Waals surface area contributed by atoms with Crippen molar-refractivity contribution in [1.29, 1.82) is 0 Å². The number of aromatic nitrogens is 2. The van der Waals surface area contributed by atoms with Crippen molar-refractivity contribution in [3.63, 3.8) is 0 Å². The first kappa shape index (κ1) is 18.5. The van der Waals surface area contributed by atoms with Gasteiger partial charge in [0.25, 0.3) is 5.91 Å². The number of fused-ring (bicyclic) bond motifs is 5. The first-order valence-corrected chi connectivity index (χ1v) is 10.2. The third kappa shape index (κ3) is 2.99. The molecule has 3 aliphatic rings. The number of nitrogens with one attached hydrogen (secondary N) is 2. The topological polar surface area (TPSA) is 87.3 Å². The van der Waals surface area contributed by atoms with Gasteiger partial charge < -0.3 is 19.9 Å². The minimum atomic E-state index is -0.537. The number of carbonyl (C=O) groups excluding carboxylic acids is 2. The number of likely N-dealkylation sites (tertiary alicyclic amines) is 1. The van der Waals surface area contributed by atoms with E-state index in [2.05, 4.69) is 15.3 Å². The van der Waals surface area contributed by atoms with Gasteiger partial charge >= 0.3 is 6.09 Å². The summed E-state index contributed by atoms with van der Waals surface area (Å²) in [5.74, 6) is -0.0730. The second-order valence-electron chi connectivity index (χ2n) is 9.24. The molecule has 1 fully saturated rings. The van der Waals surface area contributed by atoms with Crippen molar-refractivity contribution in [2.45, 2.75) is 51.2 Å². The van der Waals surface area contributed by atoms with E-state index in [0.717, 1.165) is 46.5 Å². The summed E-state index contributed by atoms with van der Waals surface area (Å²) in [5, 5.41) is 3.60. The van der Waals surface area contributed by atoms with Crippen molar-refractivity contribution in [1.82, 2.24) is 20.2 Å². The minimum absolute atomic E-state index is 0.0730. The number of carbonyl (C=O) groups is 2. The van der Waals surface area contributed by atoms with Crippen molar-refractivity contribution in [3.05, 3.63) is 39.8 Å². The van der Waals surface area contributed by atoms with Crippen molar-refractivity contribution < 1.29 is 14.3 Å². The van der Waals surface area contributed by atoms with Gasteiger partial charge in [0.1, 0.15) is 10.8 Å². The Balaban J connectivity index is 1.42. The lowest BCUT2D eigenvalue weighted by atomic mass is 9.80. The lowest BCUT2D eigenvalue weighted by Crippen LogP contribution is -2.74. The zero-order valence-electron chi connectivity index (χ0n) is 16.7. The zero-order chi connectivity index (χ0) is 20.6. The molecule has 0 radical (unpaired) electrons. The molecule has 2 amide bonds. The van der Waals surface area contributed by atoms with E-state index >= 15 is 0 Å². The maximum Gasteiger partial charge on any atom is 0.410 e. The number of amides is 2. The Hall–Kier alpha value is -2.54. The lowest BCUT2D eigenvalue weighted by Gasteiger charge is -2.51. The van der Waals surface area contributed by atoms with Crippen LogP contribution < -0.4 is 5.32 Å². The molecule has 29 heavy (non-hydrogen) atoms. The SMILES string of the molecule is CC(C)(C)OC(=O)N1CC2(Cc3[nH]c4c(c3C(=O)N2)CCc2cnc(Cl)cc2-4)C1. The third-order valence-corrected chi connectivity index (χ3v) is 6.01. The van der Waals surface area contributed by atoms with Gasteiger partial charge in [-0.15, -0.1) is 0 Å². The van der Waals surface area contributed by atoms with Gasteiger partial charge in [0.2, 0.25) is 0 Å². The van der Waals surface area contributed by atoms with Crippen LogP contribution in [0.25, 0.3) is 11.3 Å². The van der Waals surface area contributed by atoms with Crippen LogP contribution in [0.2, 0.25) is 5.15 Å². The monoisotopic (exact) mass is 414 g/mol. The van der Waals surface area contributed by atoms with E-state index in [4.69, 9.17) is 16.3 Å². The normalized spacial score (nSPS) is 19.0. The van der Waals surface area contributed by atoms with E-state index in [1.807, 2.05) is 33.0 Å². The molecule has 5 rings (SSSR count). The number of halogens is 1. The highest BCUT2D eigenvalue weighted by molar-refractivity contribution is 6.29. The molecule has 2 aromatic rings. The molecule has 2 aromatic heterocycles. The van der Waals surface area contributed by atoms with Crippen LogP contribution in [0.15, 0.2) is 12.3 Å². The molecule has 4 heterocycles. The number of aromatic amines is 1. The average molecular weight is 415 g/mol. The van der Waals surface area contributed by atoms with Crippen molar-refractivity contribution >= 4 is 23.6 Å². The molecule has 8 heteroatoms. The molecule has 0 aromatic carbocycles. The largest absolute Gasteiger partial charge is 0.444 e. The van der Waals surface area contributed by atoms with Gasteiger partial charge in [0, 0.05) is 37.0 Å². The van der Waals surface area contributed by atoms with E-state index in [0.29, 0.717) is 24.7 Å². The maximum absolute atomic E-state index is 13.0. The predicted molar refractivity (Wildman–Crippen MR) is 108 cm³/mol. The summed E-state index contributed by atoms with van der Waals surface area (Å²) in [6, 6.07) is 1.86. The van der Waals surface area contributed by atoms with Gasteiger partial charge in [0.05, 0.1) is 16.8 Å². The van der Waals surface area contributed by atoms with Crippen LogP contribution in [0.5, 0.6) is 0 Å². The second kappa shape index (κ2) is 5.98. The van der Waals surface area contributed by atoms with Crippen LogP contribution in [0.1, 0.15) is 48.0 Å². The zero-order valence-corrected chi connectivity index (χ0v) is 17.4. The summed E-state index contributed by atoms with van der Waals surface area (Å²) in [6.07, 6.45) is 3.76. The van der Waals surface area contributed by atoms with Crippen molar-refractivity contribution in [2.75, 3.05) is 13.1 Å². The fourth-order valence-electron chi connectivity index (χ4n) is 4.65. The smallest absolute Gasteiger partial charge is 0.410 e. The molecule has 2 N–H and O–H groups in total. The predicted octanol–water partition coefficient (Wildman–Crippen LogP) is 3.10. The van der Waals surface area contributed by atoms with E-state index < -0.39 is 11.1 Å². The van der Waals surface area contributed by atoms with Crippen LogP contribution in [-0.4, -0.2) is 51.1 Å². The number of aryl methyl sites for hydroxylation is 1. The van der Waals surface area contributed by atoms with Gasteiger partial charge in [-0.05, 0) is 50.8 Å². The molecule has 152 valence electrons. The number of nitrogens with zero attached hydrogens (tertiary/aromatic N) is 2. The van der Waals surface area contributed by atoms with E-state index in [1.54, 1.807) is 4.90 Å². The number of rotatable bonds is 0. The van der Waals surface area contributed by atoms with E-state index in [1.165, 1.54) is 0 Å².